The Bertz CT molecular complexity index is 787. The van der Waals surface area contributed by atoms with E-state index in [-0.39, 0.29) is 11.9 Å². The van der Waals surface area contributed by atoms with Gasteiger partial charge in [0.15, 0.2) is 0 Å². The Morgan fingerprint density at radius 3 is 2.83 bits per heavy atom. The summed E-state index contributed by atoms with van der Waals surface area (Å²) in [5.41, 5.74) is 4.05. The van der Waals surface area contributed by atoms with E-state index in [1.807, 2.05) is 30.3 Å². The minimum atomic E-state index is -0.191. The van der Waals surface area contributed by atoms with E-state index in [2.05, 4.69) is 23.2 Å². The highest BCUT2D eigenvalue weighted by Crippen LogP contribution is 2.40. The predicted octanol–water partition coefficient (Wildman–Crippen LogP) is 4.65. The fourth-order valence-electron chi connectivity index (χ4n) is 3.69. The number of anilines is 1. The molecule has 0 spiro atoms. The van der Waals surface area contributed by atoms with Crippen molar-refractivity contribution in [3.05, 3.63) is 76.2 Å². The summed E-state index contributed by atoms with van der Waals surface area (Å²) in [6, 6.07) is 13.0. The highest BCUT2D eigenvalue weighted by atomic mass is 35.5. The second kappa shape index (κ2) is 5.66. The van der Waals surface area contributed by atoms with Crippen LogP contribution < -0.4 is 10.2 Å². The van der Waals surface area contributed by atoms with Crippen LogP contribution in [0.5, 0.6) is 0 Å². The van der Waals surface area contributed by atoms with Crippen LogP contribution >= 0.6 is 11.6 Å². The largest absolute Gasteiger partial charge is 0.341 e. The van der Waals surface area contributed by atoms with Crippen molar-refractivity contribution in [1.29, 1.82) is 0 Å². The summed E-state index contributed by atoms with van der Waals surface area (Å²) in [5.74, 6) is -0.190. The summed E-state index contributed by atoms with van der Waals surface area (Å²) in [7, 11) is 0. The Hall–Kier alpha value is -1.84. The average molecular weight is 329 g/mol. The van der Waals surface area contributed by atoms with Crippen LogP contribution in [0.3, 0.4) is 0 Å². The summed E-state index contributed by atoms with van der Waals surface area (Å²) in [4.78, 5) is 2.35. The third-order valence-electron chi connectivity index (χ3n) is 4.76. The zero-order chi connectivity index (χ0) is 16.0. The minimum absolute atomic E-state index is 0.190. The third kappa shape index (κ3) is 2.44. The normalized spacial score (nSPS) is 23.1. The molecule has 2 atom stereocenters. The van der Waals surface area contributed by atoms with Crippen molar-refractivity contribution < 1.29 is 4.39 Å². The van der Waals surface area contributed by atoms with Crippen molar-refractivity contribution in [2.75, 3.05) is 11.4 Å². The maximum atomic E-state index is 14.4. The summed E-state index contributed by atoms with van der Waals surface area (Å²) in [6.45, 7) is 2.93. The van der Waals surface area contributed by atoms with Crippen LogP contribution in [0.1, 0.15) is 30.5 Å². The van der Waals surface area contributed by atoms with E-state index in [4.69, 9.17) is 11.6 Å². The Labute approximate surface area is 140 Å². The maximum absolute atomic E-state index is 14.4. The van der Waals surface area contributed by atoms with Crippen LogP contribution in [-0.4, -0.2) is 12.6 Å². The zero-order valence-electron chi connectivity index (χ0n) is 12.9. The lowest BCUT2D eigenvalue weighted by molar-refractivity contribution is 0.530. The lowest BCUT2D eigenvalue weighted by atomic mass is 9.96. The zero-order valence-corrected chi connectivity index (χ0v) is 13.6. The van der Waals surface area contributed by atoms with Gasteiger partial charge in [0.1, 0.15) is 5.82 Å². The molecule has 0 amide bonds. The van der Waals surface area contributed by atoms with Crippen LogP contribution in [0.4, 0.5) is 10.1 Å². The van der Waals surface area contributed by atoms with E-state index in [9.17, 15) is 4.39 Å². The van der Waals surface area contributed by atoms with Gasteiger partial charge in [0, 0.05) is 34.6 Å². The van der Waals surface area contributed by atoms with Crippen molar-refractivity contribution >= 4 is 17.3 Å². The van der Waals surface area contributed by atoms with Crippen LogP contribution in [0.25, 0.3) is 0 Å². The maximum Gasteiger partial charge on any atom is 0.128 e. The quantitative estimate of drug-likeness (QED) is 0.819. The monoisotopic (exact) mass is 328 g/mol. The second-order valence-corrected chi connectivity index (χ2v) is 6.61. The molecule has 2 aliphatic rings. The predicted molar refractivity (Wildman–Crippen MR) is 92.3 cm³/mol. The van der Waals surface area contributed by atoms with Crippen molar-refractivity contribution in [2.24, 2.45) is 0 Å². The molecule has 23 heavy (non-hydrogen) atoms. The Kier molecular flexibility index (Phi) is 3.63. The van der Waals surface area contributed by atoms with E-state index >= 15 is 0 Å². The molecule has 0 radical (unpaired) electrons. The molecule has 0 aromatic heterocycles. The highest BCUT2D eigenvalue weighted by molar-refractivity contribution is 6.30. The average Bonchev–Trinajstić information content (AvgIpc) is 2.82. The van der Waals surface area contributed by atoms with Gasteiger partial charge in [-0.3, -0.25) is 0 Å². The first-order valence-electron chi connectivity index (χ1n) is 7.88. The number of fused-ring (bicyclic) bond motifs is 3. The van der Waals surface area contributed by atoms with Gasteiger partial charge >= 0.3 is 0 Å². The third-order valence-corrected chi connectivity index (χ3v) is 5.00. The topological polar surface area (TPSA) is 15.3 Å². The second-order valence-electron chi connectivity index (χ2n) is 6.17. The SMILES string of the molecule is CC1=CCC2CNC(c3ccccc3F)c3cc(Cl)ccc3N12. The number of halogens is 2. The van der Waals surface area contributed by atoms with E-state index in [1.165, 1.54) is 11.8 Å². The van der Waals surface area contributed by atoms with Gasteiger partial charge in [0.05, 0.1) is 6.04 Å². The lowest BCUT2D eigenvalue weighted by Gasteiger charge is -2.28. The Balaban J connectivity index is 1.90. The van der Waals surface area contributed by atoms with Gasteiger partial charge in [-0.05, 0) is 43.2 Å². The molecule has 0 saturated carbocycles. The smallest absolute Gasteiger partial charge is 0.128 e. The molecule has 2 heterocycles. The van der Waals surface area contributed by atoms with E-state index in [1.54, 1.807) is 6.07 Å². The molecule has 0 fully saturated rings. The van der Waals surface area contributed by atoms with Crippen LogP contribution in [0.15, 0.2) is 54.2 Å². The lowest BCUT2D eigenvalue weighted by Crippen LogP contribution is -2.36. The van der Waals surface area contributed by atoms with Crippen molar-refractivity contribution in [2.45, 2.75) is 25.4 Å². The van der Waals surface area contributed by atoms with Crippen LogP contribution in [0.2, 0.25) is 5.02 Å². The first kappa shape index (κ1) is 14.7. The molecule has 2 unspecified atom stereocenters. The summed E-state index contributed by atoms with van der Waals surface area (Å²) >= 11 is 6.25. The standard InChI is InChI=1S/C19H18ClFN2/c1-12-6-8-14-11-22-19(15-4-2-3-5-17(15)21)16-10-13(20)7-9-18(16)23(12)14/h2-7,9-10,14,19,22H,8,11H2,1H3. The van der Waals surface area contributed by atoms with E-state index in [0.29, 0.717) is 16.6 Å². The number of nitrogens with zero attached hydrogens (tertiary/aromatic N) is 1. The van der Waals surface area contributed by atoms with Gasteiger partial charge in [-0.25, -0.2) is 4.39 Å². The molecule has 2 nitrogen and oxygen atoms in total. The molecule has 2 aromatic rings. The molecule has 0 bridgehead atoms. The van der Waals surface area contributed by atoms with Gasteiger partial charge < -0.3 is 10.2 Å². The molecule has 0 aliphatic carbocycles. The van der Waals surface area contributed by atoms with Gasteiger partial charge in [-0.15, -0.1) is 0 Å². The molecule has 4 rings (SSSR count). The summed E-state index contributed by atoms with van der Waals surface area (Å²) < 4.78 is 14.4. The first-order valence-corrected chi connectivity index (χ1v) is 8.26. The summed E-state index contributed by atoms with van der Waals surface area (Å²) in [6.07, 6.45) is 3.26. The van der Waals surface area contributed by atoms with Crippen molar-refractivity contribution in [1.82, 2.24) is 5.32 Å². The molecule has 2 aliphatic heterocycles. The number of nitrogens with one attached hydrogen (secondary N) is 1. The van der Waals surface area contributed by atoms with E-state index < -0.39 is 0 Å². The molecule has 0 saturated heterocycles. The Morgan fingerprint density at radius 2 is 2.00 bits per heavy atom. The minimum Gasteiger partial charge on any atom is -0.341 e. The van der Waals surface area contributed by atoms with Crippen molar-refractivity contribution in [3.63, 3.8) is 0 Å². The van der Waals surface area contributed by atoms with Crippen LogP contribution in [0, 0.1) is 5.82 Å². The highest BCUT2D eigenvalue weighted by Gasteiger charge is 2.33. The molecule has 118 valence electrons. The number of rotatable bonds is 1. The van der Waals surface area contributed by atoms with Crippen molar-refractivity contribution in [3.8, 4) is 0 Å². The Morgan fingerprint density at radius 1 is 1.17 bits per heavy atom. The molecule has 4 heteroatoms. The number of benzene rings is 2. The number of allylic oxidation sites excluding steroid dienone is 1. The first-order chi connectivity index (χ1) is 11.1. The van der Waals surface area contributed by atoms with E-state index in [0.717, 1.165) is 24.2 Å². The molecule has 1 N–H and O–H groups in total. The van der Waals surface area contributed by atoms with Crippen LogP contribution in [-0.2, 0) is 0 Å². The van der Waals surface area contributed by atoms with Gasteiger partial charge in [0.25, 0.3) is 0 Å². The van der Waals surface area contributed by atoms with Gasteiger partial charge in [-0.2, -0.15) is 0 Å². The number of hydrogen-bond acceptors (Lipinski definition) is 2. The molecular formula is C19H18ClFN2. The van der Waals surface area contributed by atoms with Gasteiger partial charge in [0.2, 0.25) is 0 Å². The molecule has 2 aromatic carbocycles. The van der Waals surface area contributed by atoms with Gasteiger partial charge in [-0.1, -0.05) is 35.9 Å². The fourth-order valence-corrected chi connectivity index (χ4v) is 3.87. The summed E-state index contributed by atoms with van der Waals surface area (Å²) in [5, 5.41) is 4.21. The molecular weight excluding hydrogens is 311 g/mol. The number of hydrogen-bond donors (Lipinski definition) is 1. The fraction of sp³-hybridized carbons (Fsp3) is 0.263.